The lowest BCUT2D eigenvalue weighted by molar-refractivity contribution is 0.625. The first-order chi connectivity index (χ1) is 8.25. The van der Waals surface area contributed by atoms with Gasteiger partial charge in [0.05, 0.1) is 5.02 Å². The van der Waals surface area contributed by atoms with Gasteiger partial charge < -0.3 is 5.32 Å². The molecule has 0 aliphatic heterocycles. The Hall–Kier alpha value is -0.860. The van der Waals surface area contributed by atoms with Crippen LogP contribution in [0.4, 0.5) is 4.39 Å². The van der Waals surface area contributed by atoms with Gasteiger partial charge in [0.2, 0.25) is 0 Å². The Labute approximate surface area is 107 Å². The van der Waals surface area contributed by atoms with Crippen molar-refractivity contribution < 1.29 is 4.39 Å². The molecule has 0 aromatic heterocycles. The van der Waals surface area contributed by atoms with Crippen molar-refractivity contribution in [2.75, 3.05) is 6.54 Å². The number of nitrogens with one attached hydrogen (secondary N) is 1. The zero-order chi connectivity index (χ0) is 12.1. The molecule has 17 heavy (non-hydrogen) atoms. The summed E-state index contributed by atoms with van der Waals surface area (Å²) >= 11 is 5.72. The summed E-state index contributed by atoms with van der Waals surface area (Å²) in [5.41, 5.74) is 2.59. The van der Waals surface area contributed by atoms with Crippen LogP contribution in [0.1, 0.15) is 31.2 Å². The summed E-state index contributed by atoms with van der Waals surface area (Å²) in [6, 6.07) is 4.86. The number of rotatable bonds is 5. The van der Waals surface area contributed by atoms with Gasteiger partial charge in [0.25, 0.3) is 0 Å². The van der Waals surface area contributed by atoms with Gasteiger partial charge in [-0.3, -0.25) is 0 Å². The monoisotopic (exact) mass is 253 g/mol. The molecule has 0 heterocycles. The average Bonchev–Trinajstić information content (AvgIpc) is 2.82. The van der Waals surface area contributed by atoms with E-state index in [1.54, 1.807) is 17.7 Å². The van der Waals surface area contributed by atoms with Crippen LogP contribution in [0.3, 0.4) is 0 Å². The standard InChI is InChI=1S/C14H17ClFN/c15-13-9-12(5-6-14(13)16)10-17-8-7-11-3-1-2-4-11/h3,5-6,9,17H,1-2,4,7-8,10H2. The van der Waals surface area contributed by atoms with Crippen molar-refractivity contribution >= 4 is 11.6 Å². The van der Waals surface area contributed by atoms with E-state index < -0.39 is 0 Å². The van der Waals surface area contributed by atoms with Gasteiger partial charge in [0, 0.05) is 6.54 Å². The molecule has 0 radical (unpaired) electrons. The van der Waals surface area contributed by atoms with Crippen LogP contribution >= 0.6 is 11.6 Å². The summed E-state index contributed by atoms with van der Waals surface area (Å²) in [7, 11) is 0. The van der Waals surface area contributed by atoms with Gasteiger partial charge in [-0.05, 0) is 49.9 Å². The minimum Gasteiger partial charge on any atom is -0.312 e. The molecule has 0 amide bonds. The van der Waals surface area contributed by atoms with Gasteiger partial charge in [-0.2, -0.15) is 0 Å². The van der Waals surface area contributed by atoms with Crippen LogP contribution in [0.5, 0.6) is 0 Å². The molecule has 2 rings (SSSR count). The Kier molecular flexibility index (Phi) is 4.57. The fourth-order valence-corrected chi connectivity index (χ4v) is 2.30. The van der Waals surface area contributed by atoms with Crippen LogP contribution in [0.2, 0.25) is 5.02 Å². The minimum absolute atomic E-state index is 0.197. The molecule has 0 bridgehead atoms. The highest BCUT2D eigenvalue weighted by Crippen LogP contribution is 2.20. The first kappa shape index (κ1) is 12.6. The molecule has 0 atom stereocenters. The van der Waals surface area contributed by atoms with E-state index in [4.69, 9.17) is 11.6 Å². The molecule has 0 saturated heterocycles. The van der Waals surface area contributed by atoms with Gasteiger partial charge in [-0.25, -0.2) is 4.39 Å². The van der Waals surface area contributed by atoms with Gasteiger partial charge >= 0.3 is 0 Å². The van der Waals surface area contributed by atoms with Crippen molar-refractivity contribution in [3.63, 3.8) is 0 Å². The smallest absolute Gasteiger partial charge is 0.141 e. The van der Waals surface area contributed by atoms with Gasteiger partial charge in [-0.15, -0.1) is 0 Å². The summed E-state index contributed by atoms with van der Waals surface area (Å²) in [5.74, 6) is -0.355. The first-order valence-corrected chi connectivity index (χ1v) is 6.46. The molecule has 92 valence electrons. The summed E-state index contributed by atoms with van der Waals surface area (Å²) in [6.07, 6.45) is 7.27. The second kappa shape index (κ2) is 6.18. The van der Waals surface area contributed by atoms with Crippen molar-refractivity contribution in [2.24, 2.45) is 0 Å². The average molecular weight is 254 g/mol. The lowest BCUT2D eigenvalue weighted by Gasteiger charge is -2.06. The van der Waals surface area contributed by atoms with Gasteiger partial charge in [0.15, 0.2) is 0 Å². The Morgan fingerprint density at radius 3 is 2.94 bits per heavy atom. The van der Waals surface area contributed by atoms with Gasteiger partial charge in [-0.1, -0.05) is 29.3 Å². The van der Waals surface area contributed by atoms with Crippen molar-refractivity contribution in [3.05, 3.63) is 46.3 Å². The minimum atomic E-state index is -0.355. The van der Waals surface area contributed by atoms with Crippen molar-refractivity contribution in [2.45, 2.75) is 32.2 Å². The van der Waals surface area contributed by atoms with E-state index in [1.165, 1.54) is 25.3 Å². The van der Waals surface area contributed by atoms with E-state index in [2.05, 4.69) is 11.4 Å². The first-order valence-electron chi connectivity index (χ1n) is 6.08. The lowest BCUT2D eigenvalue weighted by Crippen LogP contribution is -2.15. The summed E-state index contributed by atoms with van der Waals surface area (Å²) < 4.78 is 12.9. The largest absolute Gasteiger partial charge is 0.312 e. The Bertz CT molecular complexity index is 415. The third-order valence-electron chi connectivity index (χ3n) is 3.07. The maximum atomic E-state index is 12.9. The molecule has 0 unspecified atom stereocenters. The van der Waals surface area contributed by atoms with Crippen LogP contribution in [-0.4, -0.2) is 6.54 Å². The number of halogens is 2. The van der Waals surface area contributed by atoms with Crippen LogP contribution in [0, 0.1) is 5.82 Å². The topological polar surface area (TPSA) is 12.0 Å². The van der Waals surface area contributed by atoms with Crippen molar-refractivity contribution in [3.8, 4) is 0 Å². The molecule has 0 saturated carbocycles. The summed E-state index contributed by atoms with van der Waals surface area (Å²) in [6.45, 7) is 1.72. The fraction of sp³-hybridized carbons (Fsp3) is 0.429. The third kappa shape index (κ3) is 3.83. The van der Waals surface area contributed by atoms with E-state index >= 15 is 0 Å². The highest BCUT2D eigenvalue weighted by atomic mass is 35.5. The van der Waals surface area contributed by atoms with Crippen LogP contribution in [-0.2, 0) is 6.54 Å². The summed E-state index contributed by atoms with van der Waals surface area (Å²) in [4.78, 5) is 0. The molecule has 1 aliphatic carbocycles. The Morgan fingerprint density at radius 2 is 2.24 bits per heavy atom. The molecule has 0 spiro atoms. The number of hydrogen-bond acceptors (Lipinski definition) is 1. The molecule has 0 fully saturated rings. The Balaban J connectivity index is 1.72. The highest BCUT2D eigenvalue weighted by Gasteiger charge is 2.04. The molecule has 1 aliphatic rings. The normalized spacial score (nSPS) is 15.1. The lowest BCUT2D eigenvalue weighted by atomic mass is 10.1. The van der Waals surface area contributed by atoms with E-state index in [1.807, 2.05) is 0 Å². The van der Waals surface area contributed by atoms with E-state index in [-0.39, 0.29) is 10.8 Å². The zero-order valence-corrected chi connectivity index (χ0v) is 10.6. The van der Waals surface area contributed by atoms with Gasteiger partial charge in [0.1, 0.15) is 5.82 Å². The Morgan fingerprint density at radius 1 is 1.35 bits per heavy atom. The predicted octanol–water partition coefficient (Wildman–Crippen LogP) is 4.07. The van der Waals surface area contributed by atoms with E-state index in [0.717, 1.165) is 25.1 Å². The van der Waals surface area contributed by atoms with E-state index in [0.29, 0.717) is 0 Å². The van der Waals surface area contributed by atoms with Crippen LogP contribution in [0.15, 0.2) is 29.8 Å². The molecule has 1 N–H and O–H groups in total. The molecular formula is C14H17ClFN. The zero-order valence-electron chi connectivity index (χ0n) is 9.81. The molecule has 1 aromatic rings. The maximum absolute atomic E-state index is 12.9. The molecular weight excluding hydrogens is 237 g/mol. The number of hydrogen-bond donors (Lipinski definition) is 1. The SMILES string of the molecule is Fc1ccc(CNCCC2=CCCC2)cc1Cl. The molecule has 3 heteroatoms. The van der Waals surface area contributed by atoms with E-state index in [9.17, 15) is 4.39 Å². The summed E-state index contributed by atoms with van der Waals surface area (Å²) in [5, 5.41) is 3.55. The third-order valence-corrected chi connectivity index (χ3v) is 3.36. The molecule has 1 aromatic carbocycles. The van der Waals surface area contributed by atoms with Crippen molar-refractivity contribution in [1.82, 2.24) is 5.32 Å². The van der Waals surface area contributed by atoms with Crippen LogP contribution in [0.25, 0.3) is 0 Å². The highest BCUT2D eigenvalue weighted by molar-refractivity contribution is 6.30. The fourth-order valence-electron chi connectivity index (χ4n) is 2.10. The quantitative estimate of drug-likeness (QED) is 0.616. The second-order valence-corrected chi connectivity index (χ2v) is 4.84. The predicted molar refractivity (Wildman–Crippen MR) is 69.7 cm³/mol. The van der Waals surface area contributed by atoms with Crippen LogP contribution < -0.4 is 5.32 Å². The maximum Gasteiger partial charge on any atom is 0.141 e. The molecule has 1 nitrogen and oxygen atoms in total. The van der Waals surface area contributed by atoms with Crippen molar-refractivity contribution in [1.29, 1.82) is 0 Å². The number of allylic oxidation sites excluding steroid dienone is 1. The second-order valence-electron chi connectivity index (χ2n) is 4.43. The number of benzene rings is 1.